The third-order valence-electron chi connectivity index (χ3n) is 5.81. The van der Waals surface area contributed by atoms with Crippen molar-refractivity contribution in [2.75, 3.05) is 0 Å². The maximum absolute atomic E-state index is 13.2. The van der Waals surface area contributed by atoms with E-state index in [1.165, 1.54) is 10.9 Å². The Kier molecular flexibility index (Phi) is 4.87. The van der Waals surface area contributed by atoms with Crippen LogP contribution in [0.5, 0.6) is 0 Å². The molecule has 0 unspecified atom stereocenters. The first-order valence-electron chi connectivity index (χ1n) is 10.1. The average molecular weight is 444 g/mol. The van der Waals surface area contributed by atoms with Gasteiger partial charge in [-0.2, -0.15) is 0 Å². The Bertz CT molecular complexity index is 1420. The molecule has 2 aromatic carbocycles. The lowest BCUT2D eigenvalue weighted by Gasteiger charge is -2.28. The molecule has 0 radical (unpaired) electrons. The summed E-state index contributed by atoms with van der Waals surface area (Å²) >= 11 is 6.05. The second-order valence-corrected chi connectivity index (χ2v) is 8.22. The molecule has 5 rings (SSSR count). The van der Waals surface area contributed by atoms with Crippen LogP contribution in [0.25, 0.3) is 5.69 Å². The lowest BCUT2D eigenvalue weighted by atomic mass is 9.72. The van der Waals surface area contributed by atoms with Crippen LogP contribution in [-0.4, -0.2) is 27.6 Å². The average Bonchev–Trinajstić information content (AvgIpc) is 3.09. The Morgan fingerprint density at radius 2 is 1.72 bits per heavy atom. The van der Waals surface area contributed by atoms with Gasteiger partial charge in [-0.05, 0) is 31.2 Å². The first-order valence-corrected chi connectivity index (χ1v) is 10.5. The fourth-order valence-corrected chi connectivity index (χ4v) is 4.39. The van der Waals surface area contributed by atoms with Gasteiger partial charge in [0.05, 0.1) is 34.3 Å². The number of nitrogens with zero attached hydrogens (tertiary/aromatic N) is 2. The van der Waals surface area contributed by atoms with Crippen molar-refractivity contribution < 1.29 is 9.59 Å². The highest BCUT2D eigenvalue weighted by atomic mass is 35.5. The van der Waals surface area contributed by atoms with E-state index in [9.17, 15) is 14.4 Å². The molecule has 32 heavy (non-hydrogen) atoms. The molecular weight excluding hydrogens is 426 g/mol. The van der Waals surface area contributed by atoms with Crippen molar-refractivity contribution >= 4 is 35.1 Å². The lowest BCUT2D eigenvalue weighted by molar-refractivity contribution is 0.0802. The van der Waals surface area contributed by atoms with Crippen molar-refractivity contribution in [3.05, 3.63) is 105 Å². The molecule has 2 atom stereocenters. The van der Waals surface area contributed by atoms with Crippen LogP contribution in [0, 0.1) is 18.8 Å². The molecule has 1 heterocycles. The summed E-state index contributed by atoms with van der Waals surface area (Å²) in [5, 5.41) is 3.54. The minimum Gasteiger partial charge on any atom is -0.295 e. The number of carbonyl (C=O) groups is 2. The van der Waals surface area contributed by atoms with Gasteiger partial charge < -0.3 is 0 Å². The Morgan fingerprint density at radius 1 is 1.00 bits per heavy atom. The first-order chi connectivity index (χ1) is 15.5. The predicted molar refractivity (Wildman–Crippen MR) is 124 cm³/mol. The topological polar surface area (TPSA) is 84.3 Å². The van der Waals surface area contributed by atoms with E-state index in [4.69, 9.17) is 11.6 Å². The van der Waals surface area contributed by atoms with E-state index in [0.29, 0.717) is 38.8 Å². The Hall–Kier alpha value is -3.77. The fourth-order valence-electron chi connectivity index (χ4n) is 4.21. The van der Waals surface area contributed by atoms with Gasteiger partial charge in [-0.1, -0.05) is 54.1 Å². The molecule has 158 valence electrons. The number of aryl methyl sites for hydroxylation is 1. The van der Waals surface area contributed by atoms with E-state index < -0.39 is 11.8 Å². The number of H-pyrrole nitrogens is 1. The maximum Gasteiger partial charge on any atom is 0.280 e. The quantitative estimate of drug-likeness (QED) is 0.599. The van der Waals surface area contributed by atoms with Crippen LogP contribution in [0.2, 0.25) is 5.02 Å². The van der Waals surface area contributed by atoms with Crippen LogP contribution < -0.4 is 5.56 Å². The van der Waals surface area contributed by atoms with Crippen molar-refractivity contribution in [2.24, 2.45) is 16.8 Å². The number of Topliss-reactive ketones (excluding diaryl/α,β-unsaturated/α-hetero) is 2. The number of aromatic nitrogens is 2. The standard InChI is InChI=1S/C25H18ClN3O3/c1-14-20(25(32)29(28-14)16-7-4-6-15(26)12-16)13-27-21-11-5-10-19-22(21)24(31)18-9-3-2-8-17(18)23(19)30/h2-13,17-18,28H,1H3/t17-,18-/m0/s1. The van der Waals surface area contributed by atoms with Gasteiger partial charge in [0.1, 0.15) is 0 Å². The van der Waals surface area contributed by atoms with E-state index in [0.717, 1.165) is 0 Å². The molecule has 0 saturated heterocycles. The Morgan fingerprint density at radius 3 is 2.47 bits per heavy atom. The Balaban J connectivity index is 1.56. The van der Waals surface area contributed by atoms with Gasteiger partial charge in [0.15, 0.2) is 11.6 Å². The highest BCUT2D eigenvalue weighted by molar-refractivity contribution is 6.30. The van der Waals surface area contributed by atoms with Crippen molar-refractivity contribution in [1.29, 1.82) is 0 Å². The van der Waals surface area contributed by atoms with E-state index in [2.05, 4.69) is 10.1 Å². The van der Waals surface area contributed by atoms with Gasteiger partial charge in [0, 0.05) is 22.5 Å². The molecule has 3 aromatic rings. The number of benzene rings is 2. The summed E-state index contributed by atoms with van der Waals surface area (Å²) in [4.78, 5) is 43.6. The molecular formula is C25H18ClN3O3. The monoisotopic (exact) mass is 443 g/mol. The van der Waals surface area contributed by atoms with E-state index in [-0.39, 0.29) is 17.1 Å². The molecule has 7 heteroatoms. The second kappa shape index (κ2) is 7.73. The second-order valence-electron chi connectivity index (χ2n) is 7.78. The number of allylic oxidation sites excluding steroid dienone is 4. The minimum atomic E-state index is -0.523. The molecule has 2 aliphatic carbocycles. The minimum absolute atomic E-state index is 0.0941. The highest BCUT2D eigenvalue weighted by Crippen LogP contribution is 2.38. The van der Waals surface area contributed by atoms with E-state index >= 15 is 0 Å². The summed E-state index contributed by atoms with van der Waals surface area (Å²) in [5.41, 5.74) is 2.33. The van der Waals surface area contributed by atoms with E-state index in [1.54, 1.807) is 73.7 Å². The van der Waals surface area contributed by atoms with Gasteiger partial charge in [-0.15, -0.1) is 0 Å². The van der Waals surface area contributed by atoms with Gasteiger partial charge in [-0.3, -0.25) is 24.5 Å². The first kappa shape index (κ1) is 20.2. The summed E-state index contributed by atoms with van der Waals surface area (Å²) in [7, 11) is 0. The van der Waals surface area contributed by atoms with Crippen LogP contribution in [0.1, 0.15) is 32.0 Å². The number of hydrogen-bond acceptors (Lipinski definition) is 4. The molecule has 0 amide bonds. The molecule has 0 saturated carbocycles. The lowest BCUT2D eigenvalue weighted by Crippen LogP contribution is -2.35. The smallest absolute Gasteiger partial charge is 0.280 e. The maximum atomic E-state index is 13.2. The number of ketones is 2. The largest absolute Gasteiger partial charge is 0.295 e. The van der Waals surface area contributed by atoms with Crippen LogP contribution in [0.15, 0.2) is 76.6 Å². The Labute approximate surface area is 188 Å². The number of carbonyl (C=O) groups excluding carboxylic acids is 2. The number of aliphatic imine (C=N–C) groups is 1. The molecule has 0 bridgehead atoms. The van der Waals surface area contributed by atoms with Crippen LogP contribution in [0.4, 0.5) is 5.69 Å². The number of nitrogens with one attached hydrogen (secondary N) is 1. The third kappa shape index (κ3) is 3.20. The summed E-state index contributed by atoms with van der Waals surface area (Å²) in [6, 6.07) is 12.0. The SMILES string of the molecule is Cc1[nH]n(-c2cccc(Cl)c2)c(=O)c1C=Nc1cccc2c1C(=O)[C@H]1C=CC=C[C@@H]1C2=O. The molecule has 2 aliphatic rings. The molecule has 1 aromatic heterocycles. The predicted octanol–water partition coefficient (Wildman–Crippen LogP) is 4.62. The van der Waals surface area contributed by atoms with Crippen molar-refractivity contribution in [1.82, 2.24) is 9.78 Å². The molecule has 0 aliphatic heterocycles. The zero-order chi connectivity index (χ0) is 22.4. The summed E-state index contributed by atoms with van der Waals surface area (Å²) in [6.07, 6.45) is 8.54. The van der Waals surface area contributed by atoms with Crippen molar-refractivity contribution in [2.45, 2.75) is 6.92 Å². The summed E-state index contributed by atoms with van der Waals surface area (Å²) < 4.78 is 1.39. The number of fused-ring (bicyclic) bond motifs is 2. The molecule has 6 nitrogen and oxygen atoms in total. The highest BCUT2D eigenvalue weighted by Gasteiger charge is 2.40. The van der Waals surface area contributed by atoms with Gasteiger partial charge >= 0.3 is 0 Å². The number of hydrogen-bond donors (Lipinski definition) is 1. The van der Waals surface area contributed by atoms with Crippen LogP contribution in [0.3, 0.4) is 0 Å². The summed E-state index contributed by atoms with van der Waals surface area (Å²) in [6.45, 7) is 1.77. The van der Waals surface area contributed by atoms with Gasteiger partial charge in [0.2, 0.25) is 0 Å². The van der Waals surface area contributed by atoms with Crippen molar-refractivity contribution in [3.8, 4) is 5.69 Å². The van der Waals surface area contributed by atoms with Gasteiger partial charge in [0.25, 0.3) is 5.56 Å². The summed E-state index contributed by atoms with van der Waals surface area (Å²) in [5.74, 6) is -1.23. The third-order valence-corrected chi connectivity index (χ3v) is 6.05. The molecule has 0 fully saturated rings. The number of aromatic amines is 1. The van der Waals surface area contributed by atoms with Crippen LogP contribution >= 0.6 is 11.6 Å². The normalized spacial score (nSPS) is 19.4. The fraction of sp³-hybridized carbons (Fsp3) is 0.120. The number of rotatable bonds is 3. The van der Waals surface area contributed by atoms with Crippen LogP contribution in [-0.2, 0) is 0 Å². The number of halogens is 1. The zero-order valence-electron chi connectivity index (χ0n) is 17.1. The zero-order valence-corrected chi connectivity index (χ0v) is 17.8. The molecule has 1 N–H and O–H groups in total. The van der Waals surface area contributed by atoms with Gasteiger partial charge in [-0.25, -0.2) is 4.68 Å². The van der Waals surface area contributed by atoms with Crippen molar-refractivity contribution in [3.63, 3.8) is 0 Å². The molecule has 0 spiro atoms. The van der Waals surface area contributed by atoms with E-state index in [1.807, 2.05) is 0 Å².